The van der Waals surface area contributed by atoms with Crippen LogP contribution in [0.2, 0.25) is 0 Å². The third-order valence-corrected chi connectivity index (χ3v) is 6.22. The summed E-state index contributed by atoms with van der Waals surface area (Å²) in [5, 5.41) is 4.73. The highest BCUT2D eigenvalue weighted by Crippen LogP contribution is 2.30. The fourth-order valence-corrected chi connectivity index (χ4v) is 4.18. The molecule has 36 heavy (non-hydrogen) atoms. The Balaban J connectivity index is 1.31. The van der Waals surface area contributed by atoms with Gasteiger partial charge in [0.15, 0.2) is 0 Å². The van der Waals surface area contributed by atoms with E-state index < -0.39 is 36.2 Å². The zero-order chi connectivity index (χ0) is 25.8. The molecule has 0 aromatic heterocycles. The number of rotatable bonds is 7. The van der Waals surface area contributed by atoms with Crippen molar-refractivity contribution in [1.82, 2.24) is 15.5 Å². The Kier molecular flexibility index (Phi) is 7.33. The second-order valence-corrected chi connectivity index (χ2v) is 8.82. The van der Waals surface area contributed by atoms with Crippen molar-refractivity contribution >= 4 is 29.8 Å². The molecular weight excluding hydrogens is 466 g/mol. The summed E-state index contributed by atoms with van der Waals surface area (Å²) in [5.41, 5.74) is 2.59. The van der Waals surface area contributed by atoms with Gasteiger partial charge in [0, 0.05) is 18.5 Å². The van der Waals surface area contributed by atoms with Crippen LogP contribution in [0.5, 0.6) is 0 Å². The lowest BCUT2D eigenvalue weighted by molar-refractivity contribution is -0.147. The molecular formula is C26H27N3O7. The topological polar surface area (TPSA) is 131 Å². The molecule has 0 bridgehead atoms. The maximum Gasteiger partial charge on any atom is 0.408 e. The van der Waals surface area contributed by atoms with E-state index in [-0.39, 0.29) is 37.8 Å². The lowest BCUT2D eigenvalue weighted by Crippen LogP contribution is -2.52. The van der Waals surface area contributed by atoms with Crippen LogP contribution >= 0.6 is 0 Å². The molecule has 10 heteroatoms. The number of ether oxygens (including phenoxy) is 2. The molecule has 0 spiro atoms. The zero-order valence-electron chi connectivity index (χ0n) is 20.0. The molecule has 4 rings (SSSR count). The number of amides is 4. The highest BCUT2D eigenvalue weighted by molar-refractivity contribution is 6.05. The highest BCUT2D eigenvalue weighted by Gasteiger charge is 2.39. The van der Waals surface area contributed by atoms with Gasteiger partial charge in [0.05, 0.1) is 0 Å². The monoisotopic (exact) mass is 493 g/mol. The number of nitrogens with one attached hydrogen (secondary N) is 2. The van der Waals surface area contributed by atoms with E-state index in [0.29, 0.717) is 11.1 Å². The summed E-state index contributed by atoms with van der Waals surface area (Å²) < 4.78 is 10.6. The Bertz CT molecular complexity index is 1200. The van der Waals surface area contributed by atoms with Gasteiger partial charge in [-0.1, -0.05) is 42.5 Å². The van der Waals surface area contributed by atoms with Crippen LogP contribution in [0.1, 0.15) is 59.8 Å². The summed E-state index contributed by atoms with van der Waals surface area (Å²) >= 11 is 0. The van der Waals surface area contributed by atoms with E-state index >= 15 is 0 Å². The van der Waals surface area contributed by atoms with Crippen molar-refractivity contribution in [3.05, 3.63) is 70.8 Å². The number of hydrogen-bond acceptors (Lipinski definition) is 7. The first-order valence-corrected chi connectivity index (χ1v) is 11.7. The normalized spacial score (nSPS) is 18.7. The molecule has 2 N–H and O–H groups in total. The second-order valence-electron chi connectivity index (χ2n) is 8.82. The molecule has 2 aliphatic rings. The lowest BCUT2D eigenvalue weighted by Gasteiger charge is -2.29. The Morgan fingerprint density at radius 3 is 2.58 bits per heavy atom. The molecule has 0 saturated carbocycles. The van der Waals surface area contributed by atoms with E-state index in [2.05, 4.69) is 10.6 Å². The van der Waals surface area contributed by atoms with Gasteiger partial charge >= 0.3 is 12.1 Å². The maximum absolute atomic E-state index is 13.0. The van der Waals surface area contributed by atoms with E-state index in [9.17, 15) is 24.0 Å². The van der Waals surface area contributed by atoms with Gasteiger partial charge in [0.2, 0.25) is 11.8 Å². The van der Waals surface area contributed by atoms with Crippen molar-refractivity contribution in [2.24, 2.45) is 0 Å². The van der Waals surface area contributed by atoms with Gasteiger partial charge in [0.25, 0.3) is 5.91 Å². The van der Waals surface area contributed by atoms with Crippen LogP contribution in [-0.2, 0) is 37.0 Å². The maximum atomic E-state index is 13.0. The number of fused-ring (bicyclic) bond motifs is 1. The Labute approximate surface area is 207 Å². The molecule has 2 aromatic rings. The van der Waals surface area contributed by atoms with Crippen LogP contribution in [-0.4, -0.2) is 46.8 Å². The molecule has 3 atom stereocenters. The first-order valence-electron chi connectivity index (χ1n) is 11.7. The van der Waals surface area contributed by atoms with Crippen LogP contribution in [0.4, 0.5) is 4.79 Å². The number of hydrogen-bond donors (Lipinski definition) is 2. The molecule has 188 valence electrons. The summed E-state index contributed by atoms with van der Waals surface area (Å²) in [6.07, 6.45) is -1.05. The summed E-state index contributed by atoms with van der Waals surface area (Å²) in [5.74, 6) is -1.73. The number of imide groups is 1. The first kappa shape index (κ1) is 24.9. The fraction of sp³-hybridized carbons (Fsp3) is 0.346. The largest absolute Gasteiger partial charge is 0.459 e. The number of carbonyl (C=O) groups is 5. The molecule has 2 aromatic carbocycles. The van der Waals surface area contributed by atoms with Crippen LogP contribution in [0, 0.1) is 0 Å². The van der Waals surface area contributed by atoms with Crippen molar-refractivity contribution < 1.29 is 33.4 Å². The van der Waals surface area contributed by atoms with E-state index in [1.165, 1.54) is 11.8 Å². The van der Waals surface area contributed by atoms with E-state index in [1.54, 1.807) is 25.1 Å². The Hall–Kier alpha value is -4.21. The Morgan fingerprint density at radius 1 is 1.11 bits per heavy atom. The van der Waals surface area contributed by atoms with Gasteiger partial charge in [-0.25, -0.2) is 9.59 Å². The Morgan fingerprint density at radius 2 is 1.86 bits per heavy atom. The fourth-order valence-electron chi connectivity index (χ4n) is 4.18. The minimum atomic E-state index is -0.919. The average Bonchev–Trinajstić information content (AvgIpc) is 3.18. The summed E-state index contributed by atoms with van der Waals surface area (Å²) in [4.78, 5) is 62.6. The summed E-state index contributed by atoms with van der Waals surface area (Å²) in [6.45, 7) is 3.50. The smallest absolute Gasteiger partial charge is 0.408 e. The molecule has 1 saturated heterocycles. The molecule has 4 amide bonds. The summed E-state index contributed by atoms with van der Waals surface area (Å²) in [6, 6.07) is 12.7. The SMILES string of the molecule is CC(NC(=O)OC(C)c1ccc2c(c1)C(=O)N(C1CCC(=O)NC1=O)C2)C(=O)OCc1ccccc1. The second kappa shape index (κ2) is 10.6. The number of carbonyl (C=O) groups excluding carboxylic acids is 5. The number of nitrogens with zero attached hydrogens (tertiary/aromatic N) is 1. The molecule has 0 aliphatic carbocycles. The number of esters is 1. The van der Waals surface area contributed by atoms with Gasteiger partial charge < -0.3 is 19.7 Å². The van der Waals surface area contributed by atoms with E-state index in [4.69, 9.17) is 9.47 Å². The predicted octanol–water partition coefficient (Wildman–Crippen LogP) is 2.37. The molecule has 2 aliphatic heterocycles. The van der Waals surface area contributed by atoms with Gasteiger partial charge in [0.1, 0.15) is 24.8 Å². The van der Waals surface area contributed by atoms with Gasteiger partial charge in [-0.2, -0.15) is 0 Å². The van der Waals surface area contributed by atoms with Crippen molar-refractivity contribution in [3.63, 3.8) is 0 Å². The van der Waals surface area contributed by atoms with Crippen molar-refractivity contribution in [2.75, 3.05) is 0 Å². The molecule has 3 unspecified atom stereocenters. The summed E-state index contributed by atoms with van der Waals surface area (Å²) in [7, 11) is 0. The molecule has 0 radical (unpaired) electrons. The van der Waals surface area contributed by atoms with Crippen LogP contribution in [0.25, 0.3) is 0 Å². The van der Waals surface area contributed by atoms with Gasteiger partial charge in [-0.05, 0) is 43.0 Å². The van der Waals surface area contributed by atoms with Crippen LogP contribution in [0.15, 0.2) is 48.5 Å². The van der Waals surface area contributed by atoms with Crippen molar-refractivity contribution in [2.45, 2.75) is 58.0 Å². The van der Waals surface area contributed by atoms with Crippen LogP contribution < -0.4 is 10.6 Å². The van der Waals surface area contributed by atoms with Gasteiger partial charge in [-0.3, -0.25) is 19.7 Å². The number of piperidine rings is 1. The number of benzene rings is 2. The standard InChI is InChI=1S/C26H27N3O7/c1-15(25(33)35-14-17-6-4-3-5-7-17)27-26(34)36-16(2)18-8-9-19-13-29(24(32)20(19)12-18)21-10-11-22(30)28-23(21)31/h3-9,12,15-16,21H,10-11,13-14H2,1-2H3,(H,27,34)(H,28,30,31). The minimum absolute atomic E-state index is 0.0934. The van der Waals surface area contributed by atoms with Crippen LogP contribution in [0.3, 0.4) is 0 Å². The van der Waals surface area contributed by atoms with Gasteiger partial charge in [-0.15, -0.1) is 0 Å². The first-order chi connectivity index (χ1) is 17.2. The quantitative estimate of drug-likeness (QED) is 0.447. The lowest BCUT2D eigenvalue weighted by atomic mass is 10.0. The van der Waals surface area contributed by atoms with E-state index in [1.807, 2.05) is 30.3 Å². The average molecular weight is 494 g/mol. The predicted molar refractivity (Wildman–Crippen MR) is 126 cm³/mol. The third-order valence-electron chi connectivity index (χ3n) is 6.22. The van der Waals surface area contributed by atoms with Crippen molar-refractivity contribution in [1.29, 1.82) is 0 Å². The third kappa shape index (κ3) is 5.54. The highest BCUT2D eigenvalue weighted by atomic mass is 16.6. The number of alkyl carbamates (subject to hydrolysis) is 1. The van der Waals surface area contributed by atoms with E-state index in [0.717, 1.165) is 11.1 Å². The minimum Gasteiger partial charge on any atom is -0.459 e. The zero-order valence-corrected chi connectivity index (χ0v) is 20.0. The molecule has 10 nitrogen and oxygen atoms in total. The van der Waals surface area contributed by atoms with Crippen molar-refractivity contribution in [3.8, 4) is 0 Å². The molecule has 1 fully saturated rings. The molecule has 2 heterocycles.